The highest BCUT2D eigenvalue weighted by atomic mass is 32.2. The van der Waals surface area contributed by atoms with Crippen molar-refractivity contribution in [3.05, 3.63) is 37.7 Å². The van der Waals surface area contributed by atoms with Gasteiger partial charge in [0, 0.05) is 18.2 Å². The molecule has 15 heteroatoms. The van der Waals surface area contributed by atoms with Crippen molar-refractivity contribution < 1.29 is 39.6 Å². The Morgan fingerprint density at radius 1 is 0.727 bits per heavy atom. The normalized spacial score (nSPS) is 16.3. The number of carbonyl (C=O) groups excluding carboxylic acids is 3. The third kappa shape index (κ3) is 10.9. The number of amides is 3. The molecule has 1 heterocycles. The van der Waals surface area contributed by atoms with Crippen LogP contribution in [0.1, 0.15) is 19.3 Å². The van der Waals surface area contributed by atoms with Gasteiger partial charge >= 0.3 is 0 Å². The summed E-state index contributed by atoms with van der Waals surface area (Å²) >= 11 is -5.20. The first-order chi connectivity index (χ1) is 15.7. The van der Waals surface area contributed by atoms with E-state index in [-0.39, 0.29) is 57.4 Å². The third-order valence-corrected chi connectivity index (χ3v) is 6.50. The summed E-state index contributed by atoms with van der Waals surface area (Å²) in [6.45, 7) is 9.42. The zero-order chi connectivity index (χ0) is 24.8. The van der Waals surface area contributed by atoms with E-state index in [1.54, 1.807) is 0 Å². The summed E-state index contributed by atoms with van der Waals surface area (Å²) in [5.74, 6) is -1.53. The molecule has 3 atom stereocenters. The van der Waals surface area contributed by atoms with Gasteiger partial charge in [-0.15, -0.1) is 0 Å². The van der Waals surface area contributed by atoms with Crippen LogP contribution in [0.15, 0.2) is 37.7 Å². The fraction of sp³-hybridized carbons (Fsp3) is 0.500. The Kier molecular flexibility index (Phi) is 13.4. The fourth-order valence-electron chi connectivity index (χ4n) is 2.55. The van der Waals surface area contributed by atoms with Gasteiger partial charge in [-0.1, -0.05) is 19.7 Å². The molecule has 33 heavy (non-hydrogen) atoms. The standard InChI is InChI=1S/C18H27N3O9S3/c1-4-28-32(26)11-8-17(23)20-13-19(16(22)7-10-30-31(25)6-3)14-21(15-20)18(24)9-12-33(27)29-5-2/h4-6H,1-3,7-15H2. The van der Waals surface area contributed by atoms with Gasteiger partial charge in [0.1, 0.15) is 0 Å². The van der Waals surface area contributed by atoms with Crippen LogP contribution in [0.2, 0.25) is 0 Å². The van der Waals surface area contributed by atoms with Gasteiger partial charge in [-0.2, -0.15) is 0 Å². The van der Waals surface area contributed by atoms with Crippen molar-refractivity contribution in [1.82, 2.24) is 14.7 Å². The van der Waals surface area contributed by atoms with Gasteiger partial charge in [-0.3, -0.25) is 18.6 Å². The van der Waals surface area contributed by atoms with Crippen LogP contribution < -0.4 is 0 Å². The van der Waals surface area contributed by atoms with Gasteiger partial charge in [-0.25, -0.2) is 12.6 Å². The Hall–Kier alpha value is -2.36. The zero-order valence-electron chi connectivity index (χ0n) is 18.0. The topological polar surface area (TPSA) is 140 Å². The van der Waals surface area contributed by atoms with E-state index < -0.39 is 51.0 Å². The van der Waals surface area contributed by atoms with E-state index in [0.29, 0.717) is 0 Å². The van der Waals surface area contributed by atoms with E-state index in [1.807, 2.05) is 0 Å². The highest BCUT2D eigenvalue weighted by molar-refractivity contribution is 7.83. The van der Waals surface area contributed by atoms with Crippen molar-refractivity contribution in [2.24, 2.45) is 0 Å². The summed E-state index contributed by atoms with van der Waals surface area (Å²) in [4.78, 5) is 41.6. The van der Waals surface area contributed by atoms with Crippen molar-refractivity contribution in [2.45, 2.75) is 19.3 Å². The molecular formula is C18H27N3O9S3. The highest BCUT2D eigenvalue weighted by Gasteiger charge is 2.32. The van der Waals surface area contributed by atoms with Crippen molar-refractivity contribution in [2.75, 3.05) is 38.1 Å². The van der Waals surface area contributed by atoms with Gasteiger partial charge in [-0.05, 0) is 0 Å². The quantitative estimate of drug-likeness (QED) is 0.270. The van der Waals surface area contributed by atoms with E-state index in [0.717, 1.165) is 17.9 Å². The second kappa shape index (κ2) is 15.5. The molecule has 1 aliphatic heterocycles. The number of nitrogens with zero attached hydrogens (tertiary/aromatic N) is 3. The molecule has 0 radical (unpaired) electrons. The molecule has 0 aliphatic carbocycles. The van der Waals surface area contributed by atoms with Crippen LogP contribution in [0.4, 0.5) is 0 Å². The average Bonchev–Trinajstić information content (AvgIpc) is 2.80. The predicted molar refractivity (Wildman–Crippen MR) is 122 cm³/mol. The molecule has 0 aromatic heterocycles. The molecule has 1 rings (SSSR count). The number of rotatable bonds is 15. The molecule has 0 N–H and O–H groups in total. The molecule has 0 aromatic rings. The molecule has 12 nitrogen and oxygen atoms in total. The first kappa shape index (κ1) is 28.7. The Morgan fingerprint density at radius 2 is 1.12 bits per heavy atom. The van der Waals surface area contributed by atoms with Crippen molar-refractivity contribution >= 4 is 51.0 Å². The minimum atomic E-state index is -1.74. The molecular weight excluding hydrogens is 498 g/mol. The second-order valence-corrected chi connectivity index (χ2v) is 9.77. The number of hydrogen-bond acceptors (Lipinski definition) is 9. The van der Waals surface area contributed by atoms with E-state index in [9.17, 15) is 27.0 Å². The SMILES string of the molecule is C=COS(=O)CCC(=O)N1CN(C(=O)CCOS(=O)C=C)CN(C(=O)CCS(=O)OC=C)C1. The first-order valence-corrected chi connectivity index (χ1v) is 13.2. The lowest BCUT2D eigenvalue weighted by Crippen LogP contribution is -2.59. The Labute approximate surface area is 200 Å². The molecule has 0 spiro atoms. The van der Waals surface area contributed by atoms with Crippen molar-refractivity contribution in [3.63, 3.8) is 0 Å². The van der Waals surface area contributed by atoms with E-state index in [2.05, 4.69) is 28.1 Å². The van der Waals surface area contributed by atoms with Gasteiger partial charge in [0.2, 0.25) is 39.9 Å². The molecule has 3 unspecified atom stereocenters. The lowest BCUT2D eigenvalue weighted by atomic mass is 10.3. The highest BCUT2D eigenvalue weighted by Crippen LogP contribution is 2.13. The Bertz CT molecular complexity index is 775. The van der Waals surface area contributed by atoms with Crippen LogP contribution >= 0.6 is 0 Å². The van der Waals surface area contributed by atoms with Crippen LogP contribution in [0.25, 0.3) is 0 Å². The largest absolute Gasteiger partial charge is 0.409 e. The van der Waals surface area contributed by atoms with Gasteiger partial charge in [0.25, 0.3) is 0 Å². The van der Waals surface area contributed by atoms with Gasteiger partial charge in [0.05, 0.1) is 57.1 Å². The minimum Gasteiger partial charge on any atom is -0.409 e. The summed E-state index contributed by atoms with van der Waals surface area (Å²) in [7, 11) is 0. The summed E-state index contributed by atoms with van der Waals surface area (Å²) in [6, 6.07) is 0. The summed E-state index contributed by atoms with van der Waals surface area (Å²) in [6.07, 6.45) is 1.57. The summed E-state index contributed by atoms with van der Waals surface area (Å²) < 4.78 is 48.7. The van der Waals surface area contributed by atoms with Crippen molar-refractivity contribution in [1.29, 1.82) is 0 Å². The van der Waals surface area contributed by atoms with Gasteiger partial charge < -0.3 is 23.1 Å². The number of carbonyl (C=O) groups is 3. The Morgan fingerprint density at radius 3 is 1.48 bits per heavy atom. The molecule has 1 fully saturated rings. The van der Waals surface area contributed by atoms with Crippen molar-refractivity contribution in [3.8, 4) is 0 Å². The lowest BCUT2D eigenvalue weighted by molar-refractivity contribution is -0.158. The average molecular weight is 526 g/mol. The smallest absolute Gasteiger partial charge is 0.227 e. The molecule has 186 valence electrons. The van der Waals surface area contributed by atoms with E-state index >= 15 is 0 Å². The van der Waals surface area contributed by atoms with Gasteiger partial charge in [0.15, 0.2) is 11.1 Å². The zero-order valence-corrected chi connectivity index (χ0v) is 20.4. The maximum absolute atomic E-state index is 12.6. The molecule has 3 amide bonds. The summed E-state index contributed by atoms with van der Waals surface area (Å²) in [5.41, 5.74) is 0. The molecule has 1 saturated heterocycles. The van der Waals surface area contributed by atoms with E-state index in [1.165, 1.54) is 14.7 Å². The van der Waals surface area contributed by atoms with Crippen LogP contribution in [0.3, 0.4) is 0 Å². The van der Waals surface area contributed by atoms with Crippen LogP contribution in [0, 0.1) is 0 Å². The van der Waals surface area contributed by atoms with E-state index in [4.69, 9.17) is 4.18 Å². The molecule has 1 aliphatic rings. The monoisotopic (exact) mass is 525 g/mol. The number of hydrogen-bond donors (Lipinski definition) is 0. The Balaban J connectivity index is 2.83. The molecule has 0 aromatic carbocycles. The molecule has 0 bridgehead atoms. The predicted octanol–water partition coefficient (Wildman–Crippen LogP) is 0.00000000000000155. The maximum Gasteiger partial charge on any atom is 0.227 e. The molecule has 0 saturated carbocycles. The third-order valence-electron chi connectivity index (χ3n) is 4.05. The lowest BCUT2D eigenvalue weighted by Gasteiger charge is -2.42. The fourth-order valence-corrected chi connectivity index (χ4v) is 4.07. The summed E-state index contributed by atoms with van der Waals surface area (Å²) in [5, 5.41) is 1.08. The maximum atomic E-state index is 12.6. The van der Waals surface area contributed by atoms with Crippen LogP contribution in [-0.4, -0.2) is 83.2 Å². The van der Waals surface area contributed by atoms with Crippen LogP contribution in [-0.2, 0) is 60.2 Å². The van der Waals surface area contributed by atoms with Crippen LogP contribution in [0.5, 0.6) is 0 Å². The first-order valence-electron chi connectivity index (χ1n) is 9.54. The minimum absolute atomic E-state index is 0.0949. The second-order valence-electron chi connectivity index (χ2n) is 6.27.